The van der Waals surface area contributed by atoms with Crippen LogP contribution in [0.4, 0.5) is 0 Å². The van der Waals surface area contributed by atoms with Crippen molar-refractivity contribution in [2.24, 2.45) is 5.92 Å². The third-order valence-electron chi connectivity index (χ3n) is 3.64. The van der Waals surface area contributed by atoms with Crippen LogP contribution in [0.3, 0.4) is 0 Å². The maximum absolute atomic E-state index is 5.78. The third kappa shape index (κ3) is 12.4. The molecule has 0 amide bonds. The van der Waals surface area contributed by atoms with E-state index < -0.39 is 0 Å². The van der Waals surface area contributed by atoms with Gasteiger partial charge in [-0.2, -0.15) is 0 Å². The summed E-state index contributed by atoms with van der Waals surface area (Å²) in [4.78, 5) is 2.46. The maximum Gasteiger partial charge on any atom is 0.0826 e. The van der Waals surface area contributed by atoms with Crippen LogP contribution in [-0.2, 0) is 9.47 Å². The molecule has 0 radical (unpaired) electrons. The van der Waals surface area contributed by atoms with E-state index in [1.807, 2.05) is 13.8 Å². The van der Waals surface area contributed by atoms with E-state index in [9.17, 15) is 0 Å². The molecule has 22 heavy (non-hydrogen) atoms. The van der Waals surface area contributed by atoms with Crippen molar-refractivity contribution >= 4 is 0 Å². The number of hydrogen-bond donors (Lipinski definition) is 1. The molecule has 1 unspecified atom stereocenters. The van der Waals surface area contributed by atoms with Crippen molar-refractivity contribution < 1.29 is 9.47 Å². The van der Waals surface area contributed by atoms with Gasteiger partial charge in [0.2, 0.25) is 0 Å². The van der Waals surface area contributed by atoms with Crippen molar-refractivity contribution in [3.63, 3.8) is 0 Å². The van der Waals surface area contributed by atoms with Crippen LogP contribution in [0.15, 0.2) is 0 Å². The Morgan fingerprint density at radius 3 is 2.73 bits per heavy atom. The minimum Gasteiger partial charge on any atom is -0.380 e. The molecule has 0 aliphatic carbocycles. The molecule has 1 atom stereocenters. The third-order valence-corrected chi connectivity index (χ3v) is 3.64. The number of rotatable bonds is 11. The molecule has 1 fully saturated rings. The first-order chi connectivity index (χ1) is 10.7. The summed E-state index contributed by atoms with van der Waals surface area (Å²) in [6, 6.07) is 0. The summed E-state index contributed by atoms with van der Waals surface area (Å²) in [6.07, 6.45) is 3.98. The Morgan fingerprint density at radius 2 is 2.05 bits per heavy atom. The molecule has 0 aromatic heterocycles. The van der Waals surface area contributed by atoms with Gasteiger partial charge in [-0.1, -0.05) is 34.6 Å². The van der Waals surface area contributed by atoms with Gasteiger partial charge in [0.15, 0.2) is 0 Å². The highest BCUT2D eigenvalue weighted by atomic mass is 16.5. The van der Waals surface area contributed by atoms with Crippen LogP contribution in [-0.4, -0.2) is 63.5 Å². The van der Waals surface area contributed by atoms with Crippen molar-refractivity contribution in [3.8, 4) is 0 Å². The molecule has 1 N–H and O–H groups in total. The van der Waals surface area contributed by atoms with Crippen LogP contribution in [0.5, 0.6) is 0 Å². The number of nitrogens with zero attached hydrogens (tertiary/aromatic N) is 1. The summed E-state index contributed by atoms with van der Waals surface area (Å²) in [6.45, 7) is 18.5. The molecule has 4 heteroatoms. The molecule has 0 spiro atoms. The fraction of sp³-hybridized carbons (Fsp3) is 1.00. The summed E-state index contributed by atoms with van der Waals surface area (Å²) in [5.41, 5.74) is 0. The summed E-state index contributed by atoms with van der Waals surface area (Å²) in [5.74, 6) is 0.786. The van der Waals surface area contributed by atoms with Gasteiger partial charge in [-0.15, -0.1) is 0 Å². The Morgan fingerprint density at radius 1 is 1.27 bits per heavy atom. The molecule has 1 aliphatic heterocycles. The second-order valence-electron chi connectivity index (χ2n) is 6.15. The maximum atomic E-state index is 5.78. The van der Waals surface area contributed by atoms with Crippen LogP contribution in [0, 0.1) is 5.92 Å². The topological polar surface area (TPSA) is 33.7 Å². The van der Waals surface area contributed by atoms with Gasteiger partial charge in [0, 0.05) is 32.8 Å². The number of ether oxygens (including phenoxy) is 2. The molecule has 1 aliphatic rings. The standard InChI is InChI=1S/C16H34N2O2.C2H6/c1-4-7-17-13-16-14-18(9-12-20-16)8-11-19-10-5-6-15(2)3;1-2/h15-17H,4-14H2,1-3H3;1-2H3. The fourth-order valence-electron chi connectivity index (χ4n) is 2.44. The van der Waals surface area contributed by atoms with Crippen LogP contribution in [0.2, 0.25) is 0 Å². The second-order valence-corrected chi connectivity index (χ2v) is 6.15. The second kappa shape index (κ2) is 15.7. The number of hydrogen-bond acceptors (Lipinski definition) is 4. The Kier molecular flexibility index (Phi) is 15.6. The smallest absolute Gasteiger partial charge is 0.0826 e. The van der Waals surface area contributed by atoms with Crippen LogP contribution in [0.1, 0.15) is 53.9 Å². The van der Waals surface area contributed by atoms with E-state index in [2.05, 4.69) is 31.0 Å². The zero-order valence-electron chi connectivity index (χ0n) is 15.7. The number of nitrogens with one attached hydrogen (secondary N) is 1. The van der Waals surface area contributed by atoms with Gasteiger partial charge in [0.1, 0.15) is 0 Å². The zero-order valence-corrected chi connectivity index (χ0v) is 15.7. The minimum absolute atomic E-state index is 0.344. The van der Waals surface area contributed by atoms with Crippen molar-refractivity contribution in [1.29, 1.82) is 0 Å². The lowest BCUT2D eigenvalue weighted by Gasteiger charge is -2.33. The van der Waals surface area contributed by atoms with Crippen molar-refractivity contribution in [1.82, 2.24) is 10.2 Å². The Bertz CT molecular complexity index is 225. The van der Waals surface area contributed by atoms with E-state index in [4.69, 9.17) is 9.47 Å². The Labute approximate surface area is 138 Å². The fourth-order valence-corrected chi connectivity index (χ4v) is 2.44. The predicted molar refractivity (Wildman–Crippen MR) is 95.6 cm³/mol. The van der Waals surface area contributed by atoms with Crippen molar-refractivity contribution in [3.05, 3.63) is 0 Å². The lowest BCUT2D eigenvalue weighted by atomic mass is 10.1. The van der Waals surface area contributed by atoms with E-state index in [1.54, 1.807) is 0 Å². The van der Waals surface area contributed by atoms with Gasteiger partial charge in [-0.3, -0.25) is 4.90 Å². The van der Waals surface area contributed by atoms with Crippen molar-refractivity contribution in [2.45, 2.75) is 60.0 Å². The van der Waals surface area contributed by atoms with Crippen molar-refractivity contribution in [2.75, 3.05) is 52.5 Å². The van der Waals surface area contributed by atoms with Gasteiger partial charge in [0.05, 0.1) is 19.3 Å². The molecule has 0 saturated carbocycles. The van der Waals surface area contributed by atoms with Gasteiger partial charge in [-0.25, -0.2) is 0 Å². The molecule has 0 bridgehead atoms. The summed E-state index contributed by atoms with van der Waals surface area (Å²) < 4.78 is 11.5. The average Bonchev–Trinajstić information content (AvgIpc) is 2.53. The van der Waals surface area contributed by atoms with Gasteiger partial charge < -0.3 is 14.8 Å². The van der Waals surface area contributed by atoms with E-state index >= 15 is 0 Å². The average molecular weight is 317 g/mol. The van der Waals surface area contributed by atoms with E-state index in [0.717, 1.165) is 58.5 Å². The molecular formula is C18H40N2O2. The van der Waals surface area contributed by atoms with Crippen LogP contribution >= 0.6 is 0 Å². The SMILES string of the molecule is CC.CCCNCC1CN(CCOCCCC(C)C)CCO1. The van der Waals surface area contributed by atoms with E-state index in [-0.39, 0.29) is 0 Å². The van der Waals surface area contributed by atoms with E-state index in [0.29, 0.717) is 6.10 Å². The highest BCUT2D eigenvalue weighted by Crippen LogP contribution is 2.05. The molecular weight excluding hydrogens is 276 g/mol. The molecule has 1 heterocycles. The van der Waals surface area contributed by atoms with Crippen LogP contribution < -0.4 is 5.32 Å². The number of morpholine rings is 1. The summed E-state index contributed by atoms with van der Waals surface area (Å²) in [7, 11) is 0. The molecule has 0 aromatic rings. The lowest BCUT2D eigenvalue weighted by molar-refractivity contribution is -0.0349. The highest BCUT2D eigenvalue weighted by Gasteiger charge is 2.19. The predicted octanol–water partition coefficient (Wildman–Crippen LogP) is 3.17. The highest BCUT2D eigenvalue weighted by molar-refractivity contribution is 4.73. The Balaban J connectivity index is 0.00000211. The monoisotopic (exact) mass is 316 g/mol. The normalized spacial score (nSPS) is 19.1. The largest absolute Gasteiger partial charge is 0.380 e. The minimum atomic E-state index is 0.344. The van der Waals surface area contributed by atoms with Gasteiger partial charge in [-0.05, 0) is 31.7 Å². The first-order valence-electron chi connectivity index (χ1n) is 9.34. The zero-order chi connectivity index (χ0) is 16.6. The van der Waals surface area contributed by atoms with Gasteiger partial charge in [0.25, 0.3) is 0 Å². The van der Waals surface area contributed by atoms with Gasteiger partial charge >= 0.3 is 0 Å². The summed E-state index contributed by atoms with van der Waals surface area (Å²) >= 11 is 0. The summed E-state index contributed by atoms with van der Waals surface area (Å²) in [5, 5.41) is 3.44. The molecule has 4 nitrogen and oxygen atoms in total. The quantitative estimate of drug-likeness (QED) is 0.594. The lowest BCUT2D eigenvalue weighted by Crippen LogP contribution is -2.47. The molecule has 1 saturated heterocycles. The van der Waals surface area contributed by atoms with E-state index in [1.165, 1.54) is 19.3 Å². The molecule has 1 rings (SSSR count). The Hall–Kier alpha value is -0.160. The molecule has 134 valence electrons. The molecule has 0 aromatic carbocycles. The first-order valence-corrected chi connectivity index (χ1v) is 9.34. The first kappa shape index (κ1) is 21.8. The van der Waals surface area contributed by atoms with Crippen LogP contribution in [0.25, 0.3) is 0 Å².